The molecule has 0 saturated heterocycles. The van der Waals surface area contributed by atoms with Crippen LogP contribution in [0.2, 0.25) is 0 Å². The summed E-state index contributed by atoms with van der Waals surface area (Å²) < 4.78 is 68.2. The van der Waals surface area contributed by atoms with Crippen LogP contribution in [0.3, 0.4) is 0 Å². The van der Waals surface area contributed by atoms with E-state index >= 15 is 0 Å². The molecule has 138 valence electrons. The first-order chi connectivity index (χ1) is 12.3. The van der Waals surface area contributed by atoms with Crippen molar-refractivity contribution in [2.24, 2.45) is 0 Å². The third-order valence-corrected chi connectivity index (χ3v) is 5.89. The van der Waals surface area contributed by atoms with Crippen molar-refractivity contribution in [3.63, 3.8) is 0 Å². The molecular formula is C16H15F3N4O2S. The van der Waals surface area contributed by atoms with Crippen LogP contribution in [0.5, 0.6) is 0 Å². The minimum atomic E-state index is -4.49. The standard InChI is InChI=1S/C16H15F3N4O2S/c17-16(18,19)10-4-5-11-12(7-10)20-9-15(11)26(24,25)22-13-8-21-23-6-2-1-3-14(13)23/h4-5,7-9,20,22H,1-3,6H2. The van der Waals surface area contributed by atoms with Gasteiger partial charge in [0, 0.05) is 23.6 Å². The summed E-state index contributed by atoms with van der Waals surface area (Å²) >= 11 is 0. The minimum Gasteiger partial charge on any atom is -0.360 e. The molecule has 2 aromatic heterocycles. The Kier molecular flexibility index (Phi) is 3.76. The Labute approximate surface area is 147 Å². The summed E-state index contributed by atoms with van der Waals surface area (Å²) in [5.74, 6) is 0. The fraction of sp³-hybridized carbons (Fsp3) is 0.312. The number of aromatic nitrogens is 3. The molecule has 1 aliphatic heterocycles. The Morgan fingerprint density at radius 3 is 2.81 bits per heavy atom. The molecule has 1 aliphatic rings. The Morgan fingerprint density at radius 2 is 2.04 bits per heavy atom. The van der Waals surface area contributed by atoms with Crippen LogP contribution in [0, 0.1) is 0 Å². The van der Waals surface area contributed by atoms with E-state index in [0.717, 1.165) is 49.7 Å². The maximum atomic E-state index is 12.8. The van der Waals surface area contributed by atoms with E-state index in [1.165, 1.54) is 12.4 Å². The highest BCUT2D eigenvalue weighted by molar-refractivity contribution is 7.93. The van der Waals surface area contributed by atoms with Crippen molar-refractivity contribution in [2.45, 2.75) is 36.9 Å². The lowest BCUT2D eigenvalue weighted by molar-refractivity contribution is -0.137. The van der Waals surface area contributed by atoms with Gasteiger partial charge in [-0.25, -0.2) is 8.42 Å². The number of alkyl halides is 3. The minimum absolute atomic E-state index is 0.100. The zero-order chi connectivity index (χ0) is 18.5. The van der Waals surface area contributed by atoms with Crippen LogP contribution in [0.15, 0.2) is 35.5 Å². The number of rotatable bonds is 3. The van der Waals surface area contributed by atoms with Crippen molar-refractivity contribution in [2.75, 3.05) is 4.72 Å². The van der Waals surface area contributed by atoms with Crippen molar-refractivity contribution in [1.29, 1.82) is 0 Å². The van der Waals surface area contributed by atoms with E-state index < -0.39 is 21.8 Å². The predicted octanol–water partition coefficient (Wildman–Crippen LogP) is 3.52. The third kappa shape index (κ3) is 2.83. The quantitative estimate of drug-likeness (QED) is 0.725. The van der Waals surface area contributed by atoms with Gasteiger partial charge in [0.25, 0.3) is 10.0 Å². The third-order valence-electron chi connectivity index (χ3n) is 4.49. The first-order valence-electron chi connectivity index (χ1n) is 8.01. The van der Waals surface area contributed by atoms with Gasteiger partial charge in [0.1, 0.15) is 4.90 Å². The van der Waals surface area contributed by atoms with Crippen LogP contribution in [0.1, 0.15) is 24.1 Å². The molecule has 2 N–H and O–H groups in total. The van der Waals surface area contributed by atoms with E-state index in [2.05, 4.69) is 14.8 Å². The van der Waals surface area contributed by atoms with Gasteiger partial charge < -0.3 is 4.98 Å². The SMILES string of the molecule is O=S(=O)(Nc1cnn2c1CCCC2)c1c[nH]c2cc(C(F)(F)F)ccc12. The van der Waals surface area contributed by atoms with Crippen molar-refractivity contribution in [3.05, 3.63) is 41.9 Å². The summed E-state index contributed by atoms with van der Waals surface area (Å²) in [5, 5.41) is 4.38. The number of anilines is 1. The molecule has 1 aromatic carbocycles. The number of nitrogens with zero attached hydrogens (tertiary/aromatic N) is 2. The molecular weight excluding hydrogens is 369 g/mol. The summed E-state index contributed by atoms with van der Waals surface area (Å²) in [6, 6.07) is 2.93. The predicted molar refractivity (Wildman–Crippen MR) is 89.3 cm³/mol. The number of hydrogen-bond donors (Lipinski definition) is 2. The molecule has 3 aromatic rings. The molecule has 3 heterocycles. The molecule has 4 rings (SSSR count). The highest BCUT2D eigenvalue weighted by Gasteiger charge is 2.31. The summed E-state index contributed by atoms with van der Waals surface area (Å²) in [7, 11) is -3.96. The molecule has 0 amide bonds. The molecule has 0 saturated carbocycles. The van der Waals surface area contributed by atoms with Gasteiger partial charge in [-0.3, -0.25) is 9.40 Å². The largest absolute Gasteiger partial charge is 0.416 e. The van der Waals surface area contributed by atoms with Gasteiger partial charge in [-0.15, -0.1) is 0 Å². The molecule has 0 atom stereocenters. The van der Waals surface area contributed by atoms with Crippen LogP contribution in [-0.4, -0.2) is 23.2 Å². The number of aryl methyl sites for hydroxylation is 1. The zero-order valence-corrected chi connectivity index (χ0v) is 14.3. The summed E-state index contributed by atoms with van der Waals surface area (Å²) in [6.07, 6.45) is 0.838. The average Bonchev–Trinajstić information content (AvgIpc) is 3.18. The smallest absolute Gasteiger partial charge is 0.360 e. The first kappa shape index (κ1) is 17.0. The second kappa shape index (κ2) is 5.76. The number of nitrogens with one attached hydrogen (secondary N) is 2. The highest BCUT2D eigenvalue weighted by Crippen LogP contribution is 2.33. The first-order valence-corrected chi connectivity index (χ1v) is 9.50. The number of sulfonamides is 1. The molecule has 0 bridgehead atoms. The van der Waals surface area contributed by atoms with Crippen LogP contribution in [0.4, 0.5) is 18.9 Å². The number of H-pyrrole nitrogens is 1. The van der Waals surface area contributed by atoms with E-state index in [4.69, 9.17) is 0 Å². The maximum Gasteiger partial charge on any atom is 0.416 e. The number of halogens is 3. The number of hydrogen-bond acceptors (Lipinski definition) is 3. The molecule has 6 nitrogen and oxygen atoms in total. The zero-order valence-electron chi connectivity index (χ0n) is 13.5. The lowest BCUT2D eigenvalue weighted by Crippen LogP contribution is -2.16. The Morgan fingerprint density at radius 1 is 1.23 bits per heavy atom. The molecule has 26 heavy (non-hydrogen) atoms. The molecule has 10 heteroatoms. The number of benzene rings is 1. The van der Waals surface area contributed by atoms with Crippen LogP contribution in [0.25, 0.3) is 10.9 Å². The van der Waals surface area contributed by atoms with Gasteiger partial charge >= 0.3 is 6.18 Å². The monoisotopic (exact) mass is 384 g/mol. The second-order valence-electron chi connectivity index (χ2n) is 6.20. The Hall–Kier alpha value is -2.49. The summed E-state index contributed by atoms with van der Waals surface area (Å²) in [4.78, 5) is 2.51. The normalized spacial score (nSPS) is 15.2. The fourth-order valence-electron chi connectivity index (χ4n) is 3.20. The molecule has 0 aliphatic carbocycles. The number of fused-ring (bicyclic) bond motifs is 2. The van der Waals surface area contributed by atoms with Crippen LogP contribution >= 0.6 is 0 Å². The van der Waals surface area contributed by atoms with E-state index in [0.29, 0.717) is 5.69 Å². The van der Waals surface area contributed by atoms with Crippen molar-refractivity contribution in [3.8, 4) is 0 Å². The van der Waals surface area contributed by atoms with E-state index in [1.807, 2.05) is 0 Å². The molecule has 0 unspecified atom stereocenters. The van der Waals surface area contributed by atoms with Gasteiger partial charge in [0.05, 0.1) is 23.1 Å². The lowest BCUT2D eigenvalue weighted by Gasteiger charge is -2.15. The van der Waals surface area contributed by atoms with Gasteiger partial charge in [0.15, 0.2) is 0 Å². The number of aromatic amines is 1. The van der Waals surface area contributed by atoms with E-state index in [1.54, 1.807) is 4.68 Å². The molecule has 0 fully saturated rings. The van der Waals surface area contributed by atoms with Gasteiger partial charge in [0.2, 0.25) is 0 Å². The van der Waals surface area contributed by atoms with Gasteiger partial charge in [-0.05, 0) is 31.4 Å². The van der Waals surface area contributed by atoms with Crippen molar-refractivity contribution < 1.29 is 21.6 Å². The van der Waals surface area contributed by atoms with E-state index in [-0.39, 0.29) is 15.8 Å². The van der Waals surface area contributed by atoms with E-state index in [9.17, 15) is 21.6 Å². The molecule has 0 radical (unpaired) electrons. The van der Waals surface area contributed by atoms with Crippen LogP contribution < -0.4 is 4.72 Å². The summed E-state index contributed by atoms with van der Waals surface area (Å²) in [6.45, 7) is 0.740. The lowest BCUT2D eigenvalue weighted by atomic mass is 10.1. The van der Waals surface area contributed by atoms with Crippen molar-refractivity contribution in [1.82, 2.24) is 14.8 Å². The van der Waals surface area contributed by atoms with Crippen molar-refractivity contribution >= 4 is 26.6 Å². The Balaban J connectivity index is 1.71. The second-order valence-corrected chi connectivity index (χ2v) is 7.85. The molecule has 0 spiro atoms. The topological polar surface area (TPSA) is 79.8 Å². The van der Waals surface area contributed by atoms with Gasteiger partial charge in [-0.1, -0.05) is 6.07 Å². The Bertz CT molecular complexity index is 1080. The average molecular weight is 384 g/mol. The summed E-state index contributed by atoms with van der Waals surface area (Å²) in [5.41, 5.74) is 0.497. The van der Waals surface area contributed by atoms with Crippen LogP contribution in [-0.2, 0) is 29.2 Å². The highest BCUT2D eigenvalue weighted by atomic mass is 32.2. The fourth-order valence-corrected chi connectivity index (χ4v) is 4.46. The maximum absolute atomic E-state index is 12.8. The van der Waals surface area contributed by atoms with Gasteiger partial charge in [-0.2, -0.15) is 18.3 Å².